The summed E-state index contributed by atoms with van der Waals surface area (Å²) in [5, 5.41) is 17.6. The molecule has 0 bridgehead atoms. The van der Waals surface area contributed by atoms with E-state index in [2.05, 4.69) is 9.05 Å². The Morgan fingerprint density at radius 1 is 1.17 bits per heavy atom. The van der Waals surface area contributed by atoms with Crippen molar-refractivity contribution in [2.75, 3.05) is 26.4 Å². The Kier molecular flexibility index (Phi) is 11.8. The zero-order valence-corrected chi connectivity index (χ0v) is 14.6. The maximum atomic E-state index is 11.6. The van der Waals surface area contributed by atoms with Crippen LogP contribution in [0.1, 0.15) is 33.1 Å². The number of esters is 2. The van der Waals surface area contributed by atoms with Crippen molar-refractivity contribution in [1.29, 1.82) is 0 Å². The van der Waals surface area contributed by atoms with E-state index in [1.807, 2.05) is 6.92 Å². The van der Waals surface area contributed by atoms with Crippen LogP contribution < -0.4 is 0 Å². The third-order valence-corrected chi connectivity index (χ3v) is 3.51. The number of hydrogen-bond acceptors (Lipinski definition) is 9. The van der Waals surface area contributed by atoms with Crippen molar-refractivity contribution in [3.8, 4) is 0 Å². The standard InChI is InChI=1S/C13H25O10P/c1-3-4-5-13(17)20-8-12(23-10(2)15)9-22-24(18,19)21-7-11(16)6-14/h11-12,14,16H,3-9H2,1-2H3,(H,18,19)/t11-,12+/m0/s1. The molecule has 0 aliphatic rings. The third-order valence-electron chi connectivity index (χ3n) is 2.56. The van der Waals surface area contributed by atoms with Gasteiger partial charge in [0.05, 0.1) is 19.8 Å². The highest BCUT2D eigenvalue weighted by atomic mass is 31.2. The number of aliphatic hydroxyl groups is 2. The Labute approximate surface area is 140 Å². The summed E-state index contributed by atoms with van der Waals surface area (Å²) in [5.41, 5.74) is 0. The maximum absolute atomic E-state index is 11.6. The van der Waals surface area contributed by atoms with E-state index in [0.717, 1.165) is 13.3 Å². The molecule has 3 atom stereocenters. The monoisotopic (exact) mass is 372 g/mol. The first-order valence-corrected chi connectivity index (χ1v) is 8.93. The number of hydrogen-bond donors (Lipinski definition) is 3. The van der Waals surface area contributed by atoms with E-state index < -0.39 is 51.8 Å². The Hall–Kier alpha value is -1.03. The summed E-state index contributed by atoms with van der Waals surface area (Å²) in [6, 6.07) is 0. The number of ether oxygens (including phenoxy) is 2. The highest BCUT2D eigenvalue weighted by Gasteiger charge is 2.26. The molecule has 0 aromatic heterocycles. The van der Waals surface area contributed by atoms with E-state index in [9.17, 15) is 19.0 Å². The minimum absolute atomic E-state index is 0.213. The highest BCUT2D eigenvalue weighted by molar-refractivity contribution is 7.47. The summed E-state index contributed by atoms with van der Waals surface area (Å²) in [7, 11) is -4.52. The van der Waals surface area contributed by atoms with Crippen molar-refractivity contribution in [1.82, 2.24) is 0 Å². The number of phosphoric ester groups is 1. The van der Waals surface area contributed by atoms with Crippen molar-refractivity contribution in [3.05, 3.63) is 0 Å². The molecular formula is C13H25O10P. The van der Waals surface area contributed by atoms with Crippen molar-refractivity contribution in [2.45, 2.75) is 45.3 Å². The summed E-state index contributed by atoms with van der Waals surface area (Å²) in [6.07, 6.45) is -0.737. The largest absolute Gasteiger partial charge is 0.472 e. The normalized spacial score (nSPS) is 16.0. The van der Waals surface area contributed by atoms with Gasteiger partial charge < -0.3 is 24.6 Å². The average molecular weight is 372 g/mol. The van der Waals surface area contributed by atoms with Crippen LogP contribution in [0.25, 0.3) is 0 Å². The Balaban J connectivity index is 4.38. The van der Waals surface area contributed by atoms with E-state index in [4.69, 9.17) is 19.7 Å². The fourth-order valence-electron chi connectivity index (χ4n) is 1.38. The van der Waals surface area contributed by atoms with Crippen LogP contribution in [0.3, 0.4) is 0 Å². The van der Waals surface area contributed by atoms with Crippen LogP contribution in [0.4, 0.5) is 0 Å². The molecule has 0 fully saturated rings. The second kappa shape index (κ2) is 12.3. The first-order chi connectivity index (χ1) is 11.2. The van der Waals surface area contributed by atoms with Crippen LogP contribution in [0.2, 0.25) is 0 Å². The van der Waals surface area contributed by atoms with Gasteiger partial charge in [-0.25, -0.2) is 4.57 Å². The lowest BCUT2D eigenvalue weighted by Crippen LogP contribution is -2.29. The lowest BCUT2D eigenvalue weighted by Gasteiger charge is -2.19. The number of phosphoric acid groups is 1. The van der Waals surface area contributed by atoms with E-state index >= 15 is 0 Å². The van der Waals surface area contributed by atoms with Crippen molar-refractivity contribution < 1.29 is 47.8 Å². The number of carbonyl (C=O) groups excluding carboxylic acids is 2. The second-order valence-electron chi connectivity index (χ2n) is 4.91. The predicted molar refractivity (Wildman–Crippen MR) is 80.9 cm³/mol. The van der Waals surface area contributed by atoms with Gasteiger partial charge in [0.25, 0.3) is 0 Å². The molecule has 142 valence electrons. The topological polar surface area (TPSA) is 149 Å². The zero-order chi connectivity index (χ0) is 18.6. The Morgan fingerprint density at radius 2 is 1.79 bits per heavy atom. The molecule has 1 unspecified atom stereocenters. The second-order valence-corrected chi connectivity index (χ2v) is 6.37. The molecule has 0 aliphatic carbocycles. The molecule has 24 heavy (non-hydrogen) atoms. The van der Waals surface area contributed by atoms with Crippen molar-refractivity contribution in [3.63, 3.8) is 0 Å². The molecule has 11 heteroatoms. The molecule has 0 heterocycles. The molecule has 0 saturated heterocycles. The van der Waals surface area contributed by atoms with Gasteiger partial charge in [-0.3, -0.25) is 18.6 Å². The third kappa shape index (κ3) is 12.4. The van der Waals surface area contributed by atoms with Crippen LogP contribution >= 0.6 is 7.82 Å². The zero-order valence-electron chi connectivity index (χ0n) is 13.8. The lowest BCUT2D eigenvalue weighted by molar-refractivity contribution is -0.159. The summed E-state index contributed by atoms with van der Waals surface area (Å²) in [4.78, 5) is 31.8. The van der Waals surface area contributed by atoms with Gasteiger partial charge in [-0.1, -0.05) is 13.3 Å². The van der Waals surface area contributed by atoms with E-state index in [1.165, 1.54) is 0 Å². The average Bonchev–Trinajstić information content (AvgIpc) is 2.52. The van der Waals surface area contributed by atoms with Gasteiger partial charge in [-0.15, -0.1) is 0 Å². The van der Waals surface area contributed by atoms with Crippen LogP contribution in [0.5, 0.6) is 0 Å². The number of carbonyl (C=O) groups is 2. The fraction of sp³-hybridized carbons (Fsp3) is 0.846. The number of aliphatic hydroxyl groups excluding tert-OH is 2. The molecule has 0 saturated carbocycles. The Morgan fingerprint density at radius 3 is 2.33 bits per heavy atom. The Bertz CT molecular complexity index is 427. The minimum atomic E-state index is -4.52. The molecule has 0 rings (SSSR count). The smallest absolute Gasteiger partial charge is 0.462 e. The first kappa shape index (κ1) is 23.0. The quantitative estimate of drug-likeness (QED) is 0.301. The molecule has 0 aromatic carbocycles. The van der Waals surface area contributed by atoms with Crippen LogP contribution in [0.15, 0.2) is 0 Å². The lowest BCUT2D eigenvalue weighted by atomic mass is 10.2. The van der Waals surface area contributed by atoms with Gasteiger partial charge in [0, 0.05) is 13.3 Å². The van der Waals surface area contributed by atoms with Gasteiger partial charge in [0.15, 0.2) is 6.10 Å². The number of rotatable bonds is 13. The SMILES string of the molecule is CCCCC(=O)OC[C@H](COP(=O)(O)OC[C@@H](O)CO)OC(C)=O. The molecule has 10 nitrogen and oxygen atoms in total. The van der Waals surface area contributed by atoms with Gasteiger partial charge >= 0.3 is 19.8 Å². The van der Waals surface area contributed by atoms with Gasteiger partial charge in [-0.2, -0.15) is 0 Å². The maximum Gasteiger partial charge on any atom is 0.472 e. The van der Waals surface area contributed by atoms with Crippen molar-refractivity contribution in [2.24, 2.45) is 0 Å². The summed E-state index contributed by atoms with van der Waals surface area (Å²) >= 11 is 0. The fourth-order valence-corrected chi connectivity index (χ4v) is 2.17. The van der Waals surface area contributed by atoms with Gasteiger partial charge in [-0.05, 0) is 6.42 Å². The minimum Gasteiger partial charge on any atom is -0.462 e. The van der Waals surface area contributed by atoms with Crippen molar-refractivity contribution >= 4 is 19.8 Å². The number of unbranched alkanes of at least 4 members (excludes halogenated alkanes) is 1. The molecule has 0 aromatic rings. The molecule has 0 spiro atoms. The molecule has 0 aliphatic heterocycles. The van der Waals surface area contributed by atoms with Gasteiger partial charge in [0.2, 0.25) is 0 Å². The summed E-state index contributed by atoms with van der Waals surface area (Å²) in [5.74, 6) is -1.17. The van der Waals surface area contributed by atoms with Crippen LogP contribution in [0, 0.1) is 0 Å². The molecule has 0 radical (unpaired) electrons. The van der Waals surface area contributed by atoms with Crippen LogP contribution in [-0.2, 0) is 32.7 Å². The predicted octanol–water partition coefficient (Wildman–Crippen LogP) is 0.138. The summed E-state index contributed by atoms with van der Waals surface area (Å²) in [6.45, 7) is 0.886. The van der Waals surface area contributed by atoms with E-state index in [0.29, 0.717) is 6.42 Å². The van der Waals surface area contributed by atoms with E-state index in [-0.39, 0.29) is 13.0 Å². The highest BCUT2D eigenvalue weighted by Crippen LogP contribution is 2.43. The van der Waals surface area contributed by atoms with Crippen LogP contribution in [-0.4, -0.2) is 65.7 Å². The van der Waals surface area contributed by atoms with Gasteiger partial charge in [0.1, 0.15) is 12.7 Å². The first-order valence-electron chi connectivity index (χ1n) is 7.43. The molecular weight excluding hydrogens is 347 g/mol. The summed E-state index contributed by atoms with van der Waals surface area (Å²) < 4.78 is 30.4. The van der Waals surface area contributed by atoms with E-state index in [1.54, 1.807) is 0 Å². The molecule has 3 N–H and O–H groups in total. The molecule has 0 amide bonds.